The van der Waals surface area contributed by atoms with Gasteiger partial charge in [0, 0.05) is 3.57 Å². The molecule has 19 heavy (non-hydrogen) atoms. The van der Waals surface area contributed by atoms with Crippen molar-refractivity contribution in [1.29, 1.82) is 0 Å². The average molecular weight is 406 g/mol. The zero-order chi connectivity index (χ0) is 14.8. The normalized spacial score (nSPS) is 12.2. The van der Waals surface area contributed by atoms with Crippen LogP contribution in [0.2, 0.25) is 0 Å². The summed E-state index contributed by atoms with van der Waals surface area (Å²) < 4.78 is 56.8. The van der Waals surface area contributed by atoms with E-state index in [-0.39, 0.29) is 5.56 Å². The molecule has 1 rings (SSSR count). The van der Waals surface area contributed by atoms with Crippen molar-refractivity contribution in [3.8, 4) is 5.75 Å². The molecule has 1 amide bonds. The third-order valence-corrected chi connectivity index (χ3v) is 3.57. The van der Waals surface area contributed by atoms with Crippen LogP contribution in [0, 0.1) is 3.57 Å². The van der Waals surface area contributed by atoms with Gasteiger partial charge in [-0.3, -0.25) is 4.79 Å². The van der Waals surface area contributed by atoms with Crippen LogP contribution >= 0.6 is 22.6 Å². The first-order valence-electron chi connectivity index (χ1n) is 4.64. The third-order valence-electron chi connectivity index (χ3n) is 2.02. The fourth-order valence-corrected chi connectivity index (χ4v) is 1.80. The van der Waals surface area contributed by atoms with Gasteiger partial charge in [-0.05, 0) is 40.8 Å². The topological polar surface area (TPSA) is 107 Å². The molecule has 0 aliphatic carbocycles. The van der Waals surface area contributed by atoms with Gasteiger partial charge in [-0.25, -0.2) is 8.42 Å². The van der Waals surface area contributed by atoms with E-state index in [0.717, 1.165) is 0 Å². The van der Waals surface area contributed by atoms with E-state index in [1.54, 1.807) is 5.32 Å². The Balaban J connectivity index is 2.85. The standard InChI is InChI=1S/C9H8F2INO5S/c10-9(11,19(16,17)18)4-13-8(15)6-3-5(12)1-2-7(6)14/h1-3,14H,4H2,(H,13,15)(H,16,17,18)/p-1. The van der Waals surface area contributed by atoms with Gasteiger partial charge in [0.1, 0.15) is 5.75 Å². The predicted octanol–water partition coefficient (Wildman–Crippen LogP) is 0.865. The zero-order valence-corrected chi connectivity index (χ0v) is 12.0. The number of carbonyl (C=O) groups excluding carboxylic acids is 1. The largest absolute Gasteiger partial charge is 0.743 e. The number of phenols is 1. The molecule has 0 heterocycles. The molecular weight excluding hydrogens is 399 g/mol. The molecule has 0 atom stereocenters. The van der Waals surface area contributed by atoms with Crippen LogP contribution in [0.5, 0.6) is 5.75 Å². The molecule has 0 radical (unpaired) electrons. The summed E-state index contributed by atoms with van der Waals surface area (Å²) in [5, 5.41) is 6.33. The van der Waals surface area contributed by atoms with Gasteiger partial charge in [0.05, 0.1) is 12.1 Å². The number of nitrogens with one attached hydrogen (secondary N) is 1. The lowest BCUT2D eigenvalue weighted by Crippen LogP contribution is -2.42. The van der Waals surface area contributed by atoms with Gasteiger partial charge < -0.3 is 15.0 Å². The van der Waals surface area contributed by atoms with Gasteiger partial charge in [0.15, 0.2) is 10.1 Å². The second-order valence-corrected chi connectivity index (χ2v) is 6.19. The molecule has 2 N–H and O–H groups in total. The molecule has 10 heteroatoms. The van der Waals surface area contributed by atoms with Crippen LogP contribution < -0.4 is 5.32 Å². The first-order valence-corrected chi connectivity index (χ1v) is 7.13. The Labute approximate surface area is 120 Å². The Morgan fingerprint density at radius 3 is 2.58 bits per heavy atom. The number of rotatable bonds is 4. The van der Waals surface area contributed by atoms with Crippen molar-refractivity contribution in [2.75, 3.05) is 6.54 Å². The quantitative estimate of drug-likeness (QED) is 0.570. The molecule has 6 nitrogen and oxygen atoms in total. The highest BCUT2D eigenvalue weighted by Crippen LogP contribution is 2.21. The van der Waals surface area contributed by atoms with Crippen LogP contribution in [0.1, 0.15) is 10.4 Å². The summed E-state index contributed by atoms with van der Waals surface area (Å²) in [6.45, 7) is -1.66. The lowest BCUT2D eigenvalue weighted by molar-refractivity contribution is 0.0690. The zero-order valence-electron chi connectivity index (χ0n) is 9.06. The lowest BCUT2D eigenvalue weighted by Gasteiger charge is -2.20. The van der Waals surface area contributed by atoms with Gasteiger partial charge in [-0.2, -0.15) is 8.78 Å². The SMILES string of the molecule is O=C(NCC(F)(F)S(=O)(=O)[O-])c1cc(I)ccc1O. The summed E-state index contributed by atoms with van der Waals surface area (Å²) in [5.41, 5.74) is -0.300. The van der Waals surface area contributed by atoms with Crippen molar-refractivity contribution < 1.29 is 31.7 Å². The molecule has 0 aliphatic rings. The second kappa shape index (κ2) is 5.54. The molecule has 0 saturated carbocycles. The van der Waals surface area contributed by atoms with Crippen LogP contribution in [-0.4, -0.2) is 35.8 Å². The van der Waals surface area contributed by atoms with Crippen LogP contribution in [0.4, 0.5) is 8.78 Å². The second-order valence-electron chi connectivity index (χ2n) is 3.44. The number of halogens is 3. The smallest absolute Gasteiger partial charge is 0.351 e. The Morgan fingerprint density at radius 1 is 1.47 bits per heavy atom. The van der Waals surface area contributed by atoms with E-state index >= 15 is 0 Å². The number of aromatic hydroxyl groups is 1. The van der Waals surface area contributed by atoms with Gasteiger partial charge >= 0.3 is 5.25 Å². The van der Waals surface area contributed by atoms with Crippen LogP contribution in [-0.2, 0) is 10.1 Å². The number of hydrogen-bond donors (Lipinski definition) is 2. The lowest BCUT2D eigenvalue weighted by atomic mass is 10.2. The minimum absolute atomic E-state index is 0.300. The van der Waals surface area contributed by atoms with Crippen molar-refractivity contribution in [1.82, 2.24) is 5.32 Å². The van der Waals surface area contributed by atoms with Crippen molar-refractivity contribution in [2.45, 2.75) is 5.25 Å². The van der Waals surface area contributed by atoms with Gasteiger partial charge in [0.2, 0.25) is 0 Å². The number of amides is 1. The summed E-state index contributed by atoms with van der Waals surface area (Å²) in [5.74, 6) is -1.56. The summed E-state index contributed by atoms with van der Waals surface area (Å²) in [4.78, 5) is 11.5. The fourth-order valence-electron chi connectivity index (χ4n) is 1.06. The fraction of sp³-hybridized carbons (Fsp3) is 0.222. The van der Waals surface area contributed by atoms with Gasteiger partial charge in [0.25, 0.3) is 5.91 Å². The Bertz CT molecular complexity index is 605. The van der Waals surface area contributed by atoms with Crippen molar-refractivity contribution in [3.05, 3.63) is 27.3 Å². The van der Waals surface area contributed by atoms with E-state index in [1.165, 1.54) is 18.2 Å². The first kappa shape index (κ1) is 16.0. The molecule has 1 aromatic rings. The van der Waals surface area contributed by atoms with Crippen LogP contribution in [0.15, 0.2) is 18.2 Å². The monoisotopic (exact) mass is 406 g/mol. The maximum Gasteiger partial charge on any atom is 0.351 e. The number of phenolic OH excluding ortho intramolecular Hbond substituents is 1. The first-order chi connectivity index (χ1) is 8.54. The molecular formula is C9H7F2INO5S-. The van der Waals surface area contributed by atoms with Crippen LogP contribution in [0.3, 0.4) is 0 Å². The summed E-state index contributed by atoms with van der Waals surface area (Å²) in [6.07, 6.45) is 0. The summed E-state index contributed by atoms with van der Waals surface area (Å²) >= 11 is 1.83. The Morgan fingerprint density at radius 2 is 2.05 bits per heavy atom. The van der Waals surface area contributed by atoms with E-state index in [1.807, 2.05) is 22.6 Å². The van der Waals surface area contributed by atoms with E-state index in [0.29, 0.717) is 3.57 Å². The number of hydrogen-bond acceptors (Lipinski definition) is 5. The van der Waals surface area contributed by atoms with E-state index in [2.05, 4.69) is 0 Å². The highest BCUT2D eigenvalue weighted by Gasteiger charge is 2.38. The molecule has 0 aliphatic heterocycles. The molecule has 0 bridgehead atoms. The third kappa shape index (κ3) is 3.98. The highest BCUT2D eigenvalue weighted by molar-refractivity contribution is 14.1. The van der Waals surface area contributed by atoms with Crippen molar-refractivity contribution in [3.63, 3.8) is 0 Å². The predicted molar refractivity (Wildman–Crippen MR) is 67.8 cm³/mol. The maximum absolute atomic E-state index is 12.8. The van der Waals surface area contributed by atoms with E-state index in [9.17, 15) is 31.7 Å². The van der Waals surface area contributed by atoms with Crippen molar-refractivity contribution in [2.24, 2.45) is 0 Å². The molecule has 0 aromatic heterocycles. The number of benzene rings is 1. The van der Waals surface area contributed by atoms with E-state index < -0.39 is 33.6 Å². The molecule has 0 fully saturated rings. The number of alkyl halides is 2. The molecule has 106 valence electrons. The minimum Gasteiger partial charge on any atom is -0.743 e. The molecule has 0 spiro atoms. The summed E-state index contributed by atoms with van der Waals surface area (Å²) in [7, 11) is -5.86. The van der Waals surface area contributed by atoms with Gasteiger partial charge in [-0.1, -0.05) is 0 Å². The van der Waals surface area contributed by atoms with Crippen LogP contribution in [0.25, 0.3) is 0 Å². The average Bonchev–Trinajstić information content (AvgIpc) is 2.28. The summed E-state index contributed by atoms with van der Waals surface area (Å²) in [6, 6.07) is 3.87. The Hall–Kier alpha value is -1.01. The number of carbonyl (C=O) groups is 1. The molecule has 0 saturated heterocycles. The molecule has 1 aromatic carbocycles. The molecule has 0 unspecified atom stereocenters. The Kier molecular flexibility index (Phi) is 4.68. The van der Waals surface area contributed by atoms with Crippen molar-refractivity contribution >= 4 is 38.6 Å². The van der Waals surface area contributed by atoms with Gasteiger partial charge in [-0.15, -0.1) is 0 Å². The van der Waals surface area contributed by atoms with E-state index in [4.69, 9.17) is 0 Å². The maximum atomic E-state index is 12.8. The minimum atomic E-state index is -5.86. The highest BCUT2D eigenvalue weighted by atomic mass is 127.